The van der Waals surface area contributed by atoms with Gasteiger partial charge < -0.3 is 14.8 Å². The number of aromatic nitrogens is 2. The third kappa shape index (κ3) is 4.47. The van der Waals surface area contributed by atoms with E-state index in [-0.39, 0.29) is 5.91 Å². The van der Waals surface area contributed by atoms with E-state index in [2.05, 4.69) is 15.3 Å². The largest absolute Gasteiger partial charge is 0.491 e. The molecule has 2 heterocycles. The predicted molar refractivity (Wildman–Crippen MR) is 99.6 cm³/mol. The summed E-state index contributed by atoms with van der Waals surface area (Å²) in [5.41, 5.74) is 1.38. The van der Waals surface area contributed by atoms with Gasteiger partial charge in [0.2, 0.25) is 5.88 Å². The Morgan fingerprint density at radius 2 is 1.96 bits per heavy atom. The van der Waals surface area contributed by atoms with Crippen LogP contribution in [0.4, 0.5) is 0 Å². The number of carbonyl (C=O) groups excluding carboxylic acids is 1. The first-order valence-electron chi connectivity index (χ1n) is 8.61. The van der Waals surface area contributed by atoms with E-state index in [0.29, 0.717) is 37.6 Å². The maximum absolute atomic E-state index is 12.2. The number of carbonyl (C=O) groups is 1. The Morgan fingerprint density at radius 3 is 2.85 bits per heavy atom. The first kappa shape index (κ1) is 17.7. The molecule has 6 nitrogen and oxygen atoms in total. The van der Waals surface area contributed by atoms with Crippen LogP contribution in [-0.4, -0.2) is 35.6 Å². The molecule has 1 aromatic carbocycles. The van der Waals surface area contributed by atoms with E-state index < -0.39 is 0 Å². The van der Waals surface area contributed by atoms with Crippen LogP contribution >= 0.6 is 0 Å². The van der Waals surface area contributed by atoms with E-state index in [9.17, 15) is 4.79 Å². The van der Waals surface area contributed by atoms with Crippen LogP contribution in [0, 0.1) is 0 Å². The van der Waals surface area contributed by atoms with Crippen molar-refractivity contribution < 1.29 is 14.3 Å². The summed E-state index contributed by atoms with van der Waals surface area (Å²) in [6, 6.07) is 13.0. The molecule has 0 aliphatic carbocycles. The van der Waals surface area contributed by atoms with Gasteiger partial charge in [0.05, 0.1) is 13.2 Å². The van der Waals surface area contributed by atoms with Crippen LogP contribution in [0.1, 0.15) is 23.7 Å². The summed E-state index contributed by atoms with van der Waals surface area (Å²) in [6.07, 6.45) is 4.01. The second kappa shape index (κ2) is 8.80. The number of ether oxygens (including phenoxy) is 2. The summed E-state index contributed by atoms with van der Waals surface area (Å²) in [5.74, 6) is 1.05. The molecule has 1 amide bonds. The van der Waals surface area contributed by atoms with Crippen molar-refractivity contribution >= 4 is 16.8 Å². The van der Waals surface area contributed by atoms with Crippen LogP contribution in [0.5, 0.6) is 11.6 Å². The van der Waals surface area contributed by atoms with E-state index in [1.165, 1.54) is 0 Å². The highest BCUT2D eigenvalue weighted by molar-refractivity contribution is 5.94. The number of benzene rings is 1. The number of pyridine rings is 2. The summed E-state index contributed by atoms with van der Waals surface area (Å²) in [6.45, 7) is 3.40. The minimum atomic E-state index is -0.153. The molecule has 3 aromatic rings. The number of fused-ring (bicyclic) bond motifs is 1. The van der Waals surface area contributed by atoms with Gasteiger partial charge in [0.1, 0.15) is 11.3 Å². The Morgan fingerprint density at radius 1 is 1.08 bits per heavy atom. The molecule has 0 saturated carbocycles. The molecule has 0 bridgehead atoms. The molecule has 0 aliphatic rings. The molecule has 1 N–H and O–H groups in total. The fourth-order valence-corrected chi connectivity index (χ4v) is 2.53. The van der Waals surface area contributed by atoms with Crippen molar-refractivity contribution in [1.29, 1.82) is 0 Å². The van der Waals surface area contributed by atoms with Gasteiger partial charge in [-0.1, -0.05) is 18.2 Å². The molecule has 3 rings (SSSR count). The molecule has 0 fully saturated rings. The number of nitrogens with one attached hydrogen (secondary N) is 1. The van der Waals surface area contributed by atoms with Crippen molar-refractivity contribution in [3.05, 3.63) is 60.4 Å². The molecule has 6 heteroatoms. The summed E-state index contributed by atoms with van der Waals surface area (Å²) in [7, 11) is 0. The SMILES string of the molecule is CCOc1cc(C(=O)NCCCOc2cccc3cccnc23)ccn1. The van der Waals surface area contributed by atoms with Gasteiger partial charge in [0, 0.05) is 36.0 Å². The number of hydrogen-bond acceptors (Lipinski definition) is 5. The molecule has 2 aromatic heterocycles. The Kier molecular flexibility index (Phi) is 5.98. The van der Waals surface area contributed by atoms with E-state index in [4.69, 9.17) is 9.47 Å². The smallest absolute Gasteiger partial charge is 0.251 e. The van der Waals surface area contributed by atoms with E-state index >= 15 is 0 Å². The Labute approximate surface area is 152 Å². The average molecular weight is 351 g/mol. The normalized spacial score (nSPS) is 10.5. The van der Waals surface area contributed by atoms with Crippen LogP contribution in [0.15, 0.2) is 54.9 Å². The fraction of sp³-hybridized carbons (Fsp3) is 0.250. The van der Waals surface area contributed by atoms with Crippen LogP contribution in [0.3, 0.4) is 0 Å². The number of amides is 1. The standard InChI is InChI=1S/C20H21N3O3/c1-2-25-18-14-16(9-12-21-18)20(24)23-11-5-13-26-17-8-3-6-15-7-4-10-22-19(15)17/h3-4,6-10,12,14H,2,5,11,13H2,1H3,(H,23,24). The summed E-state index contributed by atoms with van der Waals surface area (Å²) >= 11 is 0. The van der Waals surface area contributed by atoms with E-state index in [1.807, 2.05) is 37.3 Å². The highest BCUT2D eigenvalue weighted by atomic mass is 16.5. The van der Waals surface area contributed by atoms with Crippen molar-refractivity contribution in [2.75, 3.05) is 19.8 Å². The van der Waals surface area contributed by atoms with Crippen molar-refractivity contribution in [2.24, 2.45) is 0 Å². The molecular formula is C20H21N3O3. The Hall–Kier alpha value is -3.15. The zero-order valence-electron chi connectivity index (χ0n) is 14.6. The van der Waals surface area contributed by atoms with Crippen LogP contribution in [0.25, 0.3) is 10.9 Å². The molecule has 0 radical (unpaired) electrons. The monoisotopic (exact) mass is 351 g/mol. The van der Waals surface area contributed by atoms with Crippen molar-refractivity contribution in [3.63, 3.8) is 0 Å². The third-order valence-corrected chi connectivity index (χ3v) is 3.75. The van der Waals surface area contributed by atoms with Gasteiger partial charge in [0.15, 0.2) is 0 Å². The number of rotatable bonds is 8. The Balaban J connectivity index is 1.47. The van der Waals surface area contributed by atoms with Gasteiger partial charge >= 0.3 is 0 Å². The summed E-state index contributed by atoms with van der Waals surface area (Å²) in [5, 5.41) is 3.92. The minimum absolute atomic E-state index is 0.153. The van der Waals surface area contributed by atoms with Crippen LogP contribution in [0.2, 0.25) is 0 Å². The van der Waals surface area contributed by atoms with Gasteiger partial charge in [-0.2, -0.15) is 0 Å². The van der Waals surface area contributed by atoms with Gasteiger partial charge in [-0.05, 0) is 31.5 Å². The average Bonchev–Trinajstić information content (AvgIpc) is 2.68. The highest BCUT2D eigenvalue weighted by Crippen LogP contribution is 2.22. The predicted octanol–water partition coefficient (Wildman–Crippen LogP) is 3.23. The van der Waals surface area contributed by atoms with Crippen molar-refractivity contribution in [1.82, 2.24) is 15.3 Å². The third-order valence-electron chi connectivity index (χ3n) is 3.75. The molecule has 0 unspecified atom stereocenters. The molecule has 26 heavy (non-hydrogen) atoms. The summed E-state index contributed by atoms with van der Waals surface area (Å²) < 4.78 is 11.1. The second-order valence-electron chi connectivity index (χ2n) is 5.60. The molecular weight excluding hydrogens is 330 g/mol. The molecule has 0 atom stereocenters. The van der Waals surface area contributed by atoms with E-state index in [0.717, 1.165) is 16.7 Å². The van der Waals surface area contributed by atoms with Gasteiger partial charge in [-0.3, -0.25) is 9.78 Å². The maximum Gasteiger partial charge on any atom is 0.251 e. The number of hydrogen-bond donors (Lipinski definition) is 1. The van der Waals surface area contributed by atoms with Gasteiger partial charge in [-0.15, -0.1) is 0 Å². The lowest BCUT2D eigenvalue weighted by Gasteiger charge is -2.09. The molecule has 0 saturated heterocycles. The van der Waals surface area contributed by atoms with Crippen LogP contribution < -0.4 is 14.8 Å². The van der Waals surface area contributed by atoms with Gasteiger partial charge in [-0.25, -0.2) is 4.98 Å². The fourth-order valence-electron chi connectivity index (χ4n) is 2.53. The molecule has 0 aliphatic heterocycles. The lowest BCUT2D eigenvalue weighted by atomic mass is 10.2. The second-order valence-corrected chi connectivity index (χ2v) is 5.60. The van der Waals surface area contributed by atoms with Crippen molar-refractivity contribution in [3.8, 4) is 11.6 Å². The Bertz CT molecular complexity index is 878. The summed E-state index contributed by atoms with van der Waals surface area (Å²) in [4.78, 5) is 20.6. The number of para-hydroxylation sites is 1. The lowest BCUT2D eigenvalue weighted by molar-refractivity contribution is 0.0951. The minimum Gasteiger partial charge on any atom is -0.491 e. The van der Waals surface area contributed by atoms with E-state index in [1.54, 1.807) is 24.5 Å². The van der Waals surface area contributed by atoms with Gasteiger partial charge in [0.25, 0.3) is 5.91 Å². The topological polar surface area (TPSA) is 73.3 Å². The number of nitrogens with zero attached hydrogens (tertiary/aromatic N) is 2. The zero-order chi connectivity index (χ0) is 18.2. The molecule has 134 valence electrons. The zero-order valence-corrected chi connectivity index (χ0v) is 14.6. The first-order chi connectivity index (χ1) is 12.8. The quantitative estimate of drug-likeness (QED) is 0.631. The highest BCUT2D eigenvalue weighted by Gasteiger charge is 2.07. The molecule has 0 spiro atoms. The first-order valence-corrected chi connectivity index (χ1v) is 8.61. The maximum atomic E-state index is 12.2. The van der Waals surface area contributed by atoms with Crippen molar-refractivity contribution in [2.45, 2.75) is 13.3 Å². The van der Waals surface area contributed by atoms with Crippen LogP contribution in [-0.2, 0) is 0 Å². The lowest BCUT2D eigenvalue weighted by Crippen LogP contribution is -2.25.